The van der Waals surface area contributed by atoms with E-state index < -0.39 is 0 Å². The lowest BCUT2D eigenvalue weighted by Gasteiger charge is -2.18. The van der Waals surface area contributed by atoms with Crippen molar-refractivity contribution in [3.8, 4) is 0 Å². The van der Waals surface area contributed by atoms with Crippen LogP contribution >= 0.6 is 0 Å². The van der Waals surface area contributed by atoms with Crippen LogP contribution in [0.4, 0.5) is 0 Å². The van der Waals surface area contributed by atoms with Crippen molar-refractivity contribution >= 4 is 0 Å². The van der Waals surface area contributed by atoms with E-state index in [0.29, 0.717) is 0 Å². The highest BCUT2D eigenvalue weighted by atomic mass is 16.3. The first-order valence-corrected chi connectivity index (χ1v) is 4.99. The largest absolute Gasteiger partial charge is 0.464 e. The molecule has 2 rings (SSSR count). The van der Waals surface area contributed by atoms with Crippen LogP contribution in [0.25, 0.3) is 0 Å². The molecule has 0 aliphatic rings. The molecule has 80 valence electrons. The zero-order valence-electron chi connectivity index (χ0n) is 8.92. The molecule has 0 saturated heterocycles. The van der Waals surface area contributed by atoms with Gasteiger partial charge in [-0.2, -0.15) is 5.10 Å². The lowest BCUT2D eigenvalue weighted by molar-refractivity contribution is 0.360. The van der Waals surface area contributed by atoms with Crippen LogP contribution in [0.3, 0.4) is 0 Å². The van der Waals surface area contributed by atoms with Crippen molar-refractivity contribution in [1.82, 2.24) is 9.78 Å². The van der Waals surface area contributed by atoms with E-state index in [1.54, 1.807) is 6.20 Å². The lowest BCUT2D eigenvalue weighted by Crippen LogP contribution is -2.30. The Morgan fingerprint density at radius 1 is 1.47 bits per heavy atom. The summed E-state index contributed by atoms with van der Waals surface area (Å²) in [6, 6.07) is 5.69. The van der Waals surface area contributed by atoms with Gasteiger partial charge in [-0.3, -0.25) is 4.68 Å². The van der Waals surface area contributed by atoms with E-state index >= 15 is 0 Å². The number of hydrogen-bond donors (Lipinski definition) is 1. The molecule has 2 aromatic heterocycles. The van der Waals surface area contributed by atoms with E-state index in [-0.39, 0.29) is 12.1 Å². The molecule has 0 radical (unpaired) electrons. The first-order chi connectivity index (χ1) is 7.18. The standard InChI is InChI=1S/C11H15N3O/c1-8-4-5-10(15-8)11(9(2)12)14-7-3-6-13-14/h3-7,9,11H,12H2,1-2H3. The van der Waals surface area contributed by atoms with Crippen molar-refractivity contribution in [2.24, 2.45) is 5.73 Å². The fraction of sp³-hybridized carbons (Fsp3) is 0.364. The molecular formula is C11H15N3O. The summed E-state index contributed by atoms with van der Waals surface area (Å²) in [5.41, 5.74) is 5.95. The van der Waals surface area contributed by atoms with Crippen LogP contribution in [0.2, 0.25) is 0 Å². The number of nitrogens with zero attached hydrogens (tertiary/aromatic N) is 2. The summed E-state index contributed by atoms with van der Waals surface area (Å²) in [6.07, 6.45) is 3.64. The number of hydrogen-bond acceptors (Lipinski definition) is 3. The maximum atomic E-state index is 5.95. The molecule has 2 unspecified atom stereocenters. The van der Waals surface area contributed by atoms with E-state index in [1.165, 1.54) is 0 Å². The van der Waals surface area contributed by atoms with Crippen molar-refractivity contribution in [3.63, 3.8) is 0 Å². The Morgan fingerprint density at radius 3 is 2.73 bits per heavy atom. The Hall–Kier alpha value is -1.55. The SMILES string of the molecule is Cc1ccc(C(C(C)N)n2cccn2)o1. The summed E-state index contributed by atoms with van der Waals surface area (Å²) < 4.78 is 7.41. The molecule has 4 nitrogen and oxygen atoms in total. The van der Waals surface area contributed by atoms with Crippen LogP contribution in [0.15, 0.2) is 35.0 Å². The molecule has 0 aliphatic heterocycles. The Balaban J connectivity index is 2.36. The van der Waals surface area contributed by atoms with Crippen molar-refractivity contribution in [1.29, 1.82) is 0 Å². The fourth-order valence-corrected chi connectivity index (χ4v) is 1.69. The summed E-state index contributed by atoms with van der Waals surface area (Å²) in [5, 5.41) is 4.20. The highest BCUT2D eigenvalue weighted by Crippen LogP contribution is 2.22. The Kier molecular flexibility index (Phi) is 2.60. The van der Waals surface area contributed by atoms with E-state index in [9.17, 15) is 0 Å². The van der Waals surface area contributed by atoms with Gasteiger partial charge in [0.15, 0.2) is 0 Å². The Morgan fingerprint density at radius 2 is 2.27 bits per heavy atom. The first kappa shape index (κ1) is 9.98. The maximum absolute atomic E-state index is 5.95. The molecule has 2 heterocycles. The van der Waals surface area contributed by atoms with Crippen LogP contribution < -0.4 is 5.73 Å². The van der Waals surface area contributed by atoms with E-state index in [2.05, 4.69) is 5.10 Å². The molecule has 0 bridgehead atoms. The van der Waals surface area contributed by atoms with Gasteiger partial charge in [0.25, 0.3) is 0 Å². The van der Waals surface area contributed by atoms with Gasteiger partial charge in [0.2, 0.25) is 0 Å². The van der Waals surface area contributed by atoms with Crippen molar-refractivity contribution in [2.45, 2.75) is 25.9 Å². The van der Waals surface area contributed by atoms with Gasteiger partial charge in [0.05, 0.1) is 0 Å². The average molecular weight is 205 g/mol. The lowest BCUT2D eigenvalue weighted by atomic mass is 10.1. The highest BCUT2D eigenvalue weighted by molar-refractivity contribution is 5.12. The van der Waals surface area contributed by atoms with E-state index in [0.717, 1.165) is 11.5 Å². The molecule has 4 heteroatoms. The third kappa shape index (κ3) is 1.94. The van der Waals surface area contributed by atoms with Gasteiger partial charge in [-0.05, 0) is 32.0 Å². The summed E-state index contributed by atoms with van der Waals surface area (Å²) in [4.78, 5) is 0. The molecule has 0 aliphatic carbocycles. The van der Waals surface area contributed by atoms with Crippen molar-refractivity contribution in [3.05, 3.63) is 42.1 Å². The fourth-order valence-electron chi connectivity index (χ4n) is 1.69. The average Bonchev–Trinajstić information content (AvgIpc) is 2.77. The molecule has 2 atom stereocenters. The number of nitrogens with two attached hydrogens (primary N) is 1. The topological polar surface area (TPSA) is 57.0 Å². The minimum Gasteiger partial charge on any atom is -0.464 e. The predicted octanol–water partition coefficient (Wildman–Crippen LogP) is 1.72. The summed E-state index contributed by atoms with van der Waals surface area (Å²) >= 11 is 0. The van der Waals surface area contributed by atoms with Gasteiger partial charge in [-0.25, -0.2) is 0 Å². The number of furan rings is 1. The van der Waals surface area contributed by atoms with Crippen molar-refractivity contribution < 1.29 is 4.42 Å². The smallest absolute Gasteiger partial charge is 0.130 e. The number of aromatic nitrogens is 2. The predicted molar refractivity (Wildman–Crippen MR) is 57.5 cm³/mol. The van der Waals surface area contributed by atoms with Gasteiger partial charge >= 0.3 is 0 Å². The Bertz CT molecular complexity index is 417. The van der Waals surface area contributed by atoms with E-state index in [4.69, 9.17) is 10.2 Å². The van der Waals surface area contributed by atoms with Crippen LogP contribution in [0.1, 0.15) is 24.5 Å². The minimum atomic E-state index is -0.0459. The van der Waals surface area contributed by atoms with Crippen molar-refractivity contribution in [2.75, 3.05) is 0 Å². The quantitative estimate of drug-likeness (QED) is 0.830. The molecule has 0 fully saturated rings. The molecule has 15 heavy (non-hydrogen) atoms. The van der Waals surface area contributed by atoms with Gasteiger partial charge in [0.1, 0.15) is 17.6 Å². The second-order valence-electron chi connectivity index (χ2n) is 3.74. The molecular weight excluding hydrogens is 190 g/mol. The third-order valence-electron chi connectivity index (χ3n) is 2.36. The maximum Gasteiger partial charge on any atom is 0.130 e. The zero-order chi connectivity index (χ0) is 10.8. The number of aryl methyl sites for hydroxylation is 1. The normalized spacial score (nSPS) is 15.1. The third-order valence-corrected chi connectivity index (χ3v) is 2.36. The van der Waals surface area contributed by atoms with Crippen LogP contribution in [-0.4, -0.2) is 15.8 Å². The highest BCUT2D eigenvalue weighted by Gasteiger charge is 2.21. The van der Waals surface area contributed by atoms with Gasteiger partial charge < -0.3 is 10.2 Å². The zero-order valence-corrected chi connectivity index (χ0v) is 8.92. The molecule has 0 saturated carbocycles. The van der Waals surface area contributed by atoms with E-state index in [1.807, 2.05) is 42.9 Å². The van der Waals surface area contributed by atoms with Crippen LogP contribution in [0.5, 0.6) is 0 Å². The van der Waals surface area contributed by atoms with Gasteiger partial charge in [0, 0.05) is 18.4 Å². The summed E-state index contributed by atoms with van der Waals surface area (Å²) in [6.45, 7) is 3.87. The monoisotopic (exact) mass is 205 g/mol. The van der Waals surface area contributed by atoms with Crippen LogP contribution in [-0.2, 0) is 0 Å². The molecule has 2 N–H and O–H groups in total. The van der Waals surface area contributed by atoms with Gasteiger partial charge in [-0.15, -0.1) is 0 Å². The van der Waals surface area contributed by atoms with Gasteiger partial charge in [-0.1, -0.05) is 0 Å². The summed E-state index contributed by atoms with van der Waals surface area (Å²) in [5.74, 6) is 1.74. The van der Waals surface area contributed by atoms with Crippen LogP contribution in [0, 0.1) is 6.92 Å². The molecule has 0 spiro atoms. The number of rotatable bonds is 3. The molecule has 0 aromatic carbocycles. The minimum absolute atomic E-state index is 0.0336. The Labute approximate surface area is 88.7 Å². The second kappa shape index (κ2) is 3.90. The molecule has 2 aromatic rings. The second-order valence-corrected chi connectivity index (χ2v) is 3.74. The first-order valence-electron chi connectivity index (χ1n) is 4.99. The molecule has 0 amide bonds. The summed E-state index contributed by atoms with van der Waals surface area (Å²) in [7, 11) is 0.